The molecular formula is C20H31N3O4S. The Hall–Kier alpha value is -1.93. The second-order valence-corrected chi connectivity index (χ2v) is 10.6. The molecule has 1 fully saturated rings. The van der Waals surface area contributed by atoms with Gasteiger partial charge in [0.2, 0.25) is 21.8 Å². The number of hydrogen-bond acceptors (Lipinski definition) is 4. The zero-order valence-electron chi connectivity index (χ0n) is 17.0. The van der Waals surface area contributed by atoms with Crippen molar-refractivity contribution in [3.63, 3.8) is 0 Å². The van der Waals surface area contributed by atoms with Crippen molar-refractivity contribution in [2.45, 2.75) is 64.0 Å². The number of rotatable bonds is 8. The summed E-state index contributed by atoms with van der Waals surface area (Å²) >= 11 is 0. The second kappa shape index (κ2) is 9.52. The molecule has 8 heteroatoms. The predicted molar refractivity (Wildman–Crippen MR) is 112 cm³/mol. The van der Waals surface area contributed by atoms with E-state index in [1.54, 1.807) is 37.8 Å². The molecule has 0 unspecified atom stereocenters. The Kier molecular flexibility index (Phi) is 7.60. The van der Waals surface area contributed by atoms with Crippen LogP contribution in [0.5, 0.6) is 0 Å². The molecule has 1 aromatic rings. The topological polar surface area (TPSA) is 95.6 Å². The van der Waals surface area contributed by atoms with E-state index in [2.05, 4.69) is 10.0 Å². The lowest BCUT2D eigenvalue weighted by Crippen LogP contribution is -2.39. The van der Waals surface area contributed by atoms with E-state index in [9.17, 15) is 18.0 Å². The number of nitrogens with one attached hydrogen (secondary N) is 2. The molecule has 0 spiro atoms. The molecule has 0 bridgehead atoms. The van der Waals surface area contributed by atoms with Crippen molar-refractivity contribution >= 4 is 33.2 Å². The van der Waals surface area contributed by atoms with Gasteiger partial charge in [-0.05, 0) is 70.7 Å². The molecular weight excluding hydrogens is 378 g/mol. The lowest BCUT2D eigenvalue weighted by Gasteiger charge is -2.26. The van der Waals surface area contributed by atoms with Gasteiger partial charge >= 0.3 is 0 Å². The van der Waals surface area contributed by atoms with Crippen molar-refractivity contribution in [1.82, 2.24) is 4.72 Å². The summed E-state index contributed by atoms with van der Waals surface area (Å²) in [5.74, 6) is 0.0330. The van der Waals surface area contributed by atoms with E-state index in [1.165, 1.54) is 0 Å². The van der Waals surface area contributed by atoms with Crippen molar-refractivity contribution in [2.75, 3.05) is 23.3 Å². The molecule has 2 amide bonds. The van der Waals surface area contributed by atoms with Crippen molar-refractivity contribution in [2.24, 2.45) is 0 Å². The predicted octanol–water partition coefficient (Wildman–Crippen LogP) is 3.03. The molecule has 0 atom stereocenters. The number of nitrogens with zero attached hydrogens (tertiary/aromatic N) is 1. The average Bonchev–Trinajstić information content (AvgIpc) is 2.61. The summed E-state index contributed by atoms with van der Waals surface area (Å²) in [5.41, 5.74) is 1.54. The Bertz CT molecular complexity index is 783. The lowest BCUT2D eigenvalue weighted by atomic mass is 10.1. The molecule has 1 aliphatic heterocycles. The highest BCUT2D eigenvalue weighted by Crippen LogP contribution is 2.22. The highest BCUT2D eigenvalue weighted by Gasteiger charge is 2.28. The van der Waals surface area contributed by atoms with Gasteiger partial charge in [-0.15, -0.1) is 0 Å². The van der Waals surface area contributed by atoms with Crippen LogP contribution in [-0.2, 0) is 19.6 Å². The minimum absolute atomic E-state index is 0.111. The third-order valence-corrected chi connectivity index (χ3v) is 6.91. The lowest BCUT2D eigenvalue weighted by molar-refractivity contribution is -0.119. The Morgan fingerprint density at radius 3 is 2.39 bits per heavy atom. The maximum Gasteiger partial charge on any atom is 0.226 e. The molecule has 7 nitrogen and oxygen atoms in total. The summed E-state index contributed by atoms with van der Waals surface area (Å²) in [7, 11) is -3.34. The van der Waals surface area contributed by atoms with Crippen molar-refractivity contribution in [3.8, 4) is 0 Å². The maximum atomic E-state index is 12.1. The van der Waals surface area contributed by atoms with Gasteiger partial charge < -0.3 is 10.2 Å². The fourth-order valence-electron chi connectivity index (χ4n) is 2.86. The third-order valence-electron chi connectivity index (χ3n) is 4.72. The summed E-state index contributed by atoms with van der Waals surface area (Å²) < 4.78 is 25.6. The van der Waals surface area contributed by atoms with Crippen LogP contribution in [0.25, 0.3) is 0 Å². The molecule has 156 valence electrons. The summed E-state index contributed by atoms with van der Waals surface area (Å²) in [5, 5.41) is 2.83. The smallest absolute Gasteiger partial charge is 0.226 e. The van der Waals surface area contributed by atoms with Gasteiger partial charge in [0.05, 0.1) is 4.75 Å². The van der Waals surface area contributed by atoms with Crippen LogP contribution < -0.4 is 14.9 Å². The quantitative estimate of drug-likeness (QED) is 0.645. The molecule has 1 saturated heterocycles. The first kappa shape index (κ1) is 22.4. The fourth-order valence-corrected chi connectivity index (χ4v) is 3.71. The van der Waals surface area contributed by atoms with Crippen LogP contribution in [0.15, 0.2) is 24.3 Å². The van der Waals surface area contributed by atoms with Gasteiger partial charge in [-0.1, -0.05) is 0 Å². The first-order chi connectivity index (χ1) is 13.1. The number of carbonyl (C=O) groups excluding carboxylic acids is 2. The van der Waals surface area contributed by atoms with Crippen molar-refractivity contribution < 1.29 is 18.0 Å². The molecule has 2 rings (SSSR count). The summed E-state index contributed by atoms with van der Waals surface area (Å²) in [6.07, 6.45) is 4.06. The second-order valence-electron chi connectivity index (χ2n) is 8.06. The number of amides is 2. The van der Waals surface area contributed by atoms with Crippen molar-refractivity contribution in [1.29, 1.82) is 0 Å². The minimum Gasteiger partial charge on any atom is -0.326 e. The number of sulfonamides is 1. The summed E-state index contributed by atoms with van der Waals surface area (Å²) in [6.45, 7) is 6.01. The molecule has 0 aliphatic carbocycles. The van der Waals surface area contributed by atoms with Crippen LogP contribution in [0, 0.1) is 0 Å². The largest absolute Gasteiger partial charge is 0.326 e. The molecule has 2 N–H and O–H groups in total. The Morgan fingerprint density at radius 1 is 1.11 bits per heavy atom. The Balaban J connectivity index is 1.72. The zero-order chi connectivity index (χ0) is 20.8. The van der Waals surface area contributed by atoms with Crippen LogP contribution in [0.4, 0.5) is 11.4 Å². The molecule has 0 aromatic heterocycles. The molecule has 1 aromatic carbocycles. The third kappa shape index (κ3) is 6.31. The van der Waals surface area contributed by atoms with Gasteiger partial charge in [-0.25, -0.2) is 13.1 Å². The number of anilines is 2. The van der Waals surface area contributed by atoms with Crippen LogP contribution in [0.1, 0.15) is 59.3 Å². The number of carbonyl (C=O) groups is 2. The van der Waals surface area contributed by atoms with Crippen LogP contribution >= 0.6 is 0 Å². The van der Waals surface area contributed by atoms with Crippen LogP contribution in [-0.4, -0.2) is 38.1 Å². The standard InChI is InChI=1S/C20H31N3O4S/c1-20(2,3)28(26,27)21-14-6-4-8-18(24)22-16-10-12-17(13-11-16)23-15-7-5-9-19(23)25/h10-13,21H,4-9,14-15H2,1-3H3,(H,22,24). The monoisotopic (exact) mass is 409 g/mol. The van der Waals surface area contributed by atoms with Gasteiger partial charge in [0.25, 0.3) is 0 Å². The Morgan fingerprint density at radius 2 is 1.79 bits per heavy atom. The van der Waals surface area contributed by atoms with E-state index >= 15 is 0 Å². The zero-order valence-corrected chi connectivity index (χ0v) is 17.8. The van der Waals surface area contributed by atoms with Gasteiger partial charge in [0, 0.05) is 37.3 Å². The van der Waals surface area contributed by atoms with Gasteiger partial charge in [0.15, 0.2) is 0 Å². The average molecular weight is 410 g/mol. The van der Waals surface area contributed by atoms with Gasteiger partial charge in [-0.3, -0.25) is 9.59 Å². The number of unbranched alkanes of at least 4 members (excludes halogenated alkanes) is 1. The van der Waals surface area contributed by atoms with Gasteiger partial charge in [0.1, 0.15) is 0 Å². The first-order valence-electron chi connectivity index (χ1n) is 9.80. The van der Waals surface area contributed by atoms with E-state index < -0.39 is 14.8 Å². The van der Waals surface area contributed by atoms with E-state index in [4.69, 9.17) is 0 Å². The van der Waals surface area contributed by atoms with E-state index in [0.29, 0.717) is 37.9 Å². The highest BCUT2D eigenvalue weighted by molar-refractivity contribution is 7.90. The van der Waals surface area contributed by atoms with Crippen LogP contribution in [0.2, 0.25) is 0 Å². The normalized spacial score (nSPS) is 15.5. The number of piperidine rings is 1. The molecule has 1 aliphatic rings. The van der Waals surface area contributed by atoms with E-state index in [1.807, 2.05) is 12.1 Å². The molecule has 0 radical (unpaired) electrons. The SMILES string of the molecule is CC(C)(C)S(=O)(=O)NCCCCC(=O)Nc1ccc(N2CCCCC2=O)cc1. The molecule has 28 heavy (non-hydrogen) atoms. The van der Waals surface area contributed by atoms with Gasteiger partial charge in [-0.2, -0.15) is 0 Å². The molecule has 0 saturated carbocycles. The van der Waals surface area contributed by atoms with E-state index in [0.717, 1.165) is 25.1 Å². The number of hydrogen-bond donors (Lipinski definition) is 2. The maximum absolute atomic E-state index is 12.1. The highest BCUT2D eigenvalue weighted by atomic mass is 32.2. The summed E-state index contributed by atoms with van der Waals surface area (Å²) in [4.78, 5) is 25.8. The van der Waals surface area contributed by atoms with Crippen molar-refractivity contribution in [3.05, 3.63) is 24.3 Å². The number of benzene rings is 1. The fraction of sp³-hybridized carbons (Fsp3) is 0.600. The van der Waals surface area contributed by atoms with Crippen LogP contribution in [0.3, 0.4) is 0 Å². The first-order valence-corrected chi connectivity index (χ1v) is 11.3. The minimum atomic E-state index is -3.34. The summed E-state index contributed by atoms with van der Waals surface area (Å²) in [6, 6.07) is 7.29. The Labute approximate surface area is 167 Å². The molecule has 1 heterocycles. The van der Waals surface area contributed by atoms with E-state index in [-0.39, 0.29) is 11.8 Å².